The highest BCUT2D eigenvalue weighted by Crippen LogP contribution is 2.38. The van der Waals surface area contributed by atoms with E-state index in [1.54, 1.807) is 22.6 Å². The molecule has 1 aliphatic rings. The highest BCUT2D eigenvalue weighted by molar-refractivity contribution is 7.19. The molecule has 1 atom stereocenters. The molecule has 0 saturated heterocycles. The van der Waals surface area contributed by atoms with Crippen molar-refractivity contribution in [3.63, 3.8) is 0 Å². The zero-order valence-electron chi connectivity index (χ0n) is 20.5. The van der Waals surface area contributed by atoms with Crippen LogP contribution in [0, 0.1) is 0 Å². The molecule has 2 N–H and O–H groups in total. The fourth-order valence-electron chi connectivity index (χ4n) is 4.21. The van der Waals surface area contributed by atoms with Crippen LogP contribution in [-0.4, -0.2) is 65.3 Å². The summed E-state index contributed by atoms with van der Waals surface area (Å²) in [6.07, 6.45) is 5.94. The van der Waals surface area contributed by atoms with E-state index in [1.807, 2.05) is 25.1 Å². The van der Waals surface area contributed by atoms with E-state index >= 15 is 0 Å². The van der Waals surface area contributed by atoms with Crippen molar-refractivity contribution < 1.29 is 9.59 Å². The first kappa shape index (κ1) is 24.8. The van der Waals surface area contributed by atoms with Crippen molar-refractivity contribution in [1.29, 1.82) is 0 Å². The van der Waals surface area contributed by atoms with Gasteiger partial charge in [-0.1, -0.05) is 37.3 Å². The molecule has 2 amide bonds. The van der Waals surface area contributed by atoms with Crippen LogP contribution in [0.2, 0.25) is 0 Å². The van der Waals surface area contributed by atoms with E-state index in [4.69, 9.17) is 0 Å². The van der Waals surface area contributed by atoms with Crippen molar-refractivity contribution in [2.75, 3.05) is 39.0 Å². The van der Waals surface area contributed by atoms with Gasteiger partial charge in [0, 0.05) is 36.7 Å². The number of amides is 2. The van der Waals surface area contributed by atoms with Gasteiger partial charge in [0.15, 0.2) is 0 Å². The first-order chi connectivity index (χ1) is 17.0. The SMILES string of the molecule is CC[C@@H](Nc1ncnc2sc3c(c12)CCN(C(=O)/C=C/C(=O)NCCN(C)C)C3)c1ccccc1. The number of carbonyl (C=O) groups excluding carboxylic acids is 2. The molecule has 184 valence electrons. The first-order valence-corrected chi connectivity index (χ1v) is 12.7. The molecule has 0 unspecified atom stereocenters. The molecular formula is C26H32N6O2S. The van der Waals surface area contributed by atoms with Gasteiger partial charge in [-0.2, -0.15) is 0 Å². The van der Waals surface area contributed by atoms with E-state index in [0.717, 1.165) is 40.3 Å². The van der Waals surface area contributed by atoms with E-state index in [2.05, 4.69) is 51.8 Å². The molecule has 35 heavy (non-hydrogen) atoms. The highest BCUT2D eigenvalue weighted by Gasteiger charge is 2.26. The van der Waals surface area contributed by atoms with E-state index < -0.39 is 0 Å². The second kappa shape index (κ2) is 11.4. The second-order valence-corrected chi connectivity index (χ2v) is 9.94. The number of aromatic nitrogens is 2. The Morgan fingerprint density at radius 2 is 2.00 bits per heavy atom. The van der Waals surface area contributed by atoms with Crippen LogP contribution in [0.4, 0.5) is 5.82 Å². The van der Waals surface area contributed by atoms with E-state index in [1.165, 1.54) is 23.3 Å². The van der Waals surface area contributed by atoms with Gasteiger partial charge in [0.05, 0.1) is 18.0 Å². The van der Waals surface area contributed by atoms with Gasteiger partial charge in [0.2, 0.25) is 11.8 Å². The number of hydrogen-bond donors (Lipinski definition) is 2. The number of carbonyl (C=O) groups is 2. The molecule has 0 fully saturated rings. The molecule has 4 rings (SSSR count). The lowest BCUT2D eigenvalue weighted by molar-refractivity contribution is -0.127. The molecule has 0 spiro atoms. The Labute approximate surface area is 210 Å². The van der Waals surface area contributed by atoms with Crippen LogP contribution < -0.4 is 10.6 Å². The Morgan fingerprint density at radius 1 is 1.20 bits per heavy atom. The Kier molecular flexibility index (Phi) is 8.09. The van der Waals surface area contributed by atoms with Crippen LogP contribution >= 0.6 is 11.3 Å². The van der Waals surface area contributed by atoms with Gasteiger partial charge in [-0.3, -0.25) is 9.59 Å². The summed E-state index contributed by atoms with van der Waals surface area (Å²) in [6.45, 7) is 4.55. The summed E-state index contributed by atoms with van der Waals surface area (Å²) < 4.78 is 0. The van der Waals surface area contributed by atoms with Gasteiger partial charge in [0.25, 0.3) is 0 Å². The standard InChI is InChI=1S/C26H32N6O2S/c1-4-20(18-8-6-5-7-9-18)30-25-24-19-12-14-32(16-21(19)35-26(24)29-17-28-25)23(34)11-10-22(33)27-13-15-31(2)3/h5-11,17,20H,4,12-16H2,1-3H3,(H,27,33)(H,28,29,30)/b11-10+/t20-/m1/s1. The molecule has 8 nitrogen and oxygen atoms in total. The van der Waals surface area contributed by atoms with Gasteiger partial charge in [-0.25, -0.2) is 9.97 Å². The Morgan fingerprint density at radius 3 is 2.74 bits per heavy atom. The van der Waals surface area contributed by atoms with Crippen molar-refractivity contribution in [2.24, 2.45) is 0 Å². The van der Waals surface area contributed by atoms with Crippen LogP contribution in [0.5, 0.6) is 0 Å². The van der Waals surface area contributed by atoms with Crippen molar-refractivity contribution in [1.82, 2.24) is 25.1 Å². The third-order valence-electron chi connectivity index (χ3n) is 6.11. The number of rotatable bonds is 9. The second-order valence-electron chi connectivity index (χ2n) is 8.86. The maximum Gasteiger partial charge on any atom is 0.247 e. The minimum absolute atomic E-state index is 0.153. The van der Waals surface area contributed by atoms with Gasteiger partial charge in [-0.05, 0) is 38.1 Å². The molecule has 0 saturated carbocycles. The van der Waals surface area contributed by atoms with Crippen molar-refractivity contribution in [3.05, 3.63) is 64.8 Å². The lowest BCUT2D eigenvalue weighted by Crippen LogP contribution is -2.34. The molecule has 0 aliphatic carbocycles. The lowest BCUT2D eigenvalue weighted by atomic mass is 10.0. The molecule has 1 aromatic carbocycles. The lowest BCUT2D eigenvalue weighted by Gasteiger charge is -2.26. The Hall–Kier alpha value is -3.30. The van der Waals surface area contributed by atoms with Crippen LogP contribution in [0.15, 0.2) is 48.8 Å². The monoisotopic (exact) mass is 492 g/mol. The van der Waals surface area contributed by atoms with Crippen LogP contribution in [0.25, 0.3) is 10.2 Å². The number of likely N-dealkylation sites (N-methyl/N-ethyl adjacent to an activating group) is 1. The average Bonchev–Trinajstić information content (AvgIpc) is 3.24. The van der Waals surface area contributed by atoms with E-state index in [-0.39, 0.29) is 17.9 Å². The van der Waals surface area contributed by atoms with Gasteiger partial charge < -0.3 is 20.4 Å². The summed E-state index contributed by atoms with van der Waals surface area (Å²) in [5.41, 5.74) is 2.44. The number of thiophene rings is 1. The largest absolute Gasteiger partial charge is 0.363 e. The predicted molar refractivity (Wildman–Crippen MR) is 140 cm³/mol. The number of nitrogens with one attached hydrogen (secondary N) is 2. The third kappa shape index (κ3) is 6.04. The fraction of sp³-hybridized carbons (Fsp3) is 0.385. The summed E-state index contributed by atoms with van der Waals surface area (Å²) in [5, 5.41) is 7.48. The molecule has 1 aliphatic heterocycles. The maximum atomic E-state index is 12.7. The van der Waals surface area contributed by atoms with E-state index in [9.17, 15) is 9.59 Å². The summed E-state index contributed by atoms with van der Waals surface area (Å²) in [6, 6.07) is 10.5. The first-order valence-electron chi connectivity index (χ1n) is 11.9. The molecule has 0 bridgehead atoms. The van der Waals surface area contributed by atoms with E-state index in [0.29, 0.717) is 19.6 Å². The number of hydrogen-bond acceptors (Lipinski definition) is 7. The van der Waals surface area contributed by atoms with Crippen LogP contribution in [-0.2, 0) is 22.6 Å². The maximum absolute atomic E-state index is 12.7. The minimum Gasteiger partial charge on any atom is -0.363 e. The third-order valence-corrected chi connectivity index (χ3v) is 7.23. The molecule has 2 aromatic heterocycles. The van der Waals surface area contributed by atoms with Gasteiger partial charge in [-0.15, -0.1) is 11.3 Å². The summed E-state index contributed by atoms with van der Waals surface area (Å²) in [7, 11) is 3.89. The summed E-state index contributed by atoms with van der Waals surface area (Å²) in [4.78, 5) is 39.6. The minimum atomic E-state index is -0.255. The predicted octanol–water partition coefficient (Wildman–Crippen LogP) is 3.37. The van der Waals surface area contributed by atoms with Crippen molar-refractivity contribution in [2.45, 2.75) is 32.4 Å². The summed E-state index contributed by atoms with van der Waals surface area (Å²) in [5.74, 6) is 0.433. The molecule has 3 aromatic rings. The number of anilines is 1. The Balaban J connectivity index is 1.47. The van der Waals surface area contributed by atoms with Crippen molar-refractivity contribution >= 4 is 39.2 Å². The van der Waals surface area contributed by atoms with Crippen molar-refractivity contribution in [3.8, 4) is 0 Å². The van der Waals surface area contributed by atoms with Gasteiger partial charge >= 0.3 is 0 Å². The number of fused-ring (bicyclic) bond motifs is 3. The number of benzene rings is 1. The molecule has 0 radical (unpaired) electrons. The zero-order chi connectivity index (χ0) is 24.8. The molecule has 9 heteroatoms. The fourth-order valence-corrected chi connectivity index (χ4v) is 5.41. The van der Waals surface area contributed by atoms with Gasteiger partial charge in [0.1, 0.15) is 17.0 Å². The average molecular weight is 493 g/mol. The van der Waals surface area contributed by atoms with Crippen LogP contribution in [0.1, 0.15) is 35.4 Å². The highest BCUT2D eigenvalue weighted by atomic mass is 32.1. The quantitative estimate of drug-likeness (QED) is 0.445. The molecular weight excluding hydrogens is 460 g/mol. The normalized spacial score (nSPS) is 14.3. The number of nitrogens with zero attached hydrogens (tertiary/aromatic N) is 4. The van der Waals surface area contributed by atoms with Crippen LogP contribution in [0.3, 0.4) is 0 Å². The smallest absolute Gasteiger partial charge is 0.247 e. The summed E-state index contributed by atoms with van der Waals surface area (Å²) >= 11 is 1.61. The zero-order valence-corrected chi connectivity index (χ0v) is 21.3. The Bertz CT molecular complexity index is 1210. The topological polar surface area (TPSA) is 90.5 Å². The molecule has 3 heterocycles.